The summed E-state index contributed by atoms with van der Waals surface area (Å²) in [5, 5.41) is 18.6. The number of aliphatic hydroxyl groups excluding tert-OH is 2. The third kappa shape index (κ3) is 2.54. The number of rotatable bonds is 3. The first-order valence-corrected chi connectivity index (χ1v) is 4.90. The Morgan fingerprint density at radius 1 is 1.27 bits per heavy atom. The van der Waals surface area contributed by atoms with Crippen LogP contribution in [0.25, 0.3) is 0 Å². The zero-order chi connectivity index (χ0) is 10.7. The van der Waals surface area contributed by atoms with Crippen LogP contribution in [0.3, 0.4) is 0 Å². The lowest BCUT2D eigenvalue weighted by atomic mass is 10.2. The summed E-state index contributed by atoms with van der Waals surface area (Å²) < 4.78 is 10.4. The molecule has 82 valence electrons. The van der Waals surface area contributed by atoms with E-state index >= 15 is 0 Å². The highest BCUT2D eigenvalue weighted by atomic mass is 16.7. The summed E-state index contributed by atoms with van der Waals surface area (Å²) in [7, 11) is 0. The number of aliphatic hydroxyl groups is 2. The van der Waals surface area contributed by atoms with Crippen molar-refractivity contribution >= 4 is 0 Å². The van der Waals surface area contributed by atoms with Gasteiger partial charge in [-0.3, -0.25) is 0 Å². The van der Waals surface area contributed by atoms with Gasteiger partial charge in [-0.1, -0.05) is 30.3 Å². The van der Waals surface area contributed by atoms with Gasteiger partial charge in [-0.15, -0.1) is 0 Å². The molecule has 15 heavy (non-hydrogen) atoms. The third-order valence-electron chi connectivity index (χ3n) is 2.36. The van der Waals surface area contributed by atoms with Gasteiger partial charge in [0.2, 0.25) is 0 Å². The fourth-order valence-corrected chi connectivity index (χ4v) is 1.47. The molecule has 0 saturated carbocycles. The minimum atomic E-state index is -0.950. The molecular weight excluding hydrogens is 196 g/mol. The molecule has 1 aromatic carbocycles. The molecule has 0 bridgehead atoms. The number of benzene rings is 1. The lowest BCUT2D eigenvalue weighted by molar-refractivity contribution is -0.159. The van der Waals surface area contributed by atoms with Gasteiger partial charge in [-0.25, -0.2) is 0 Å². The van der Waals surface area contributed by atoms with Crippen molar-refractivity contribution in [2.75, 3.05) is 6.61 Å². The van der Waals surface area contributed by atoms with Crippen LogP contribution in [-0.4, -0.2) is 35.3 Å². The Morgan fingerprint density at radius 2 is 2.00 bits per heavy atom. The molecule has 1 aromatic rings. The minimum Gasteiger partial charge on any atom is -0.388 e. The first-order chi connectivity index (χ1) is 7.27. The van der Waals surface area contributed by atoms with E-state index in [9.17, 15) is 10.2 Å². The Morgan fingerprint density at radius 3 is 2.60 bits per heavy atom. The summed E-state index contributed by atoms with van der Waals surface area (Å²) in [6.45, 7) is 0.496. The fraction of sp³-hybridized carbons (Fsp3) is 0.455. The first kappa shape index (κ1) is 10.6. The molecule has 1 aliphatic rings. The molecule has 0 aromatic heterocycles. The van der Waals surface area contributed by atoms with E-state index in [1.807, 2.05) is 30.3 Å². The topological polar surface area (TPSA) is 58.9 Å². The molecule has 3 atom stereocenters. The maximum atomic E-state index is 9.44. The van der Waals surface area contributed by atoms with Gasteiger partial charge in [0.25, 0.3) is 0 Å². The molecule has 1 saturated heterocycles. The summed E-state index contributed by atoms with van der Waals surface area (Å²) in [4.78, 5) is 0. The number of hydrogen-bond acceptors (Lipinski definition) is 4. The lowest BCUT2D eigenvalue weighted by Gasteiger charge is -2.15. The van der Waals surface area contributed by atoms with Crippen LogP contribution in [0, 0.1) is 0 Å². The smallest absolute Gasteiger partial charge is 0.186 e. The van der Waals surface area contributed by atoms with Gasteiger partial charge in [-0.2, -0.15) is 0 Å². The lowest BCUT2D eigenvalue weighted by Crippen LogP contribution is -2.31. The summed E-state index contributed by atoms with van der Waals surface area (Å²) in [5.74, 6) is 0. The van der Waals surface area contributed by atoms with E-state index in [2.05, 4.69) is 0 Å². The van der Waals surface area contributed by atoms with Gasteiger partial charge in [0.05, 0.1) is 13.2 Å². The van der Waals surface area contributed by atoms with Crippen molar-refractivity contribution < 1.29 is 19.7 Å². The molecule has 2 rings (SSSR count). The Hall–Kier alpha value is -0.940. The predicted molar refractivity (Wildman–Crippen MR) is 53.0 cm³/mol. The van der Waals surface area contributed by atoms with Gasteiger partial charge >= 0.3 is 0 Å². The summed E-state index contributed by atoms with van der Waals surface area (Å²) in [6, 6.07) is 9.61. The van der Waals surface area contributed by atoms with Crippen molar-refractivity contribution in [2.24, 2.45) is 0 Å². The molecule has 2 N–H and O–H groups in total. The van der Waals surface area contributed by atoms with Gasteiger partial charge in [0.15, 0.2) is 6.29 Å². The Balaban J connectivity index is 1.84. The first-order valence-electron chi connectivity index (χ1n) is 4.90. The highest BCUT2D eigenvalue weighted by molar-refractivity contribution is 5.13. The third-order valence-corrected chi connectivity index (χ3v) is 2.36. The van der Waals surface area contributed by atoms with E-state index in [4.69, 9.17) is 9.47 Å². The molecule has 4 heteroatoms. The van der Waals surface area contributed by atoms with Crippen LogP contribution in [0.2, 0.25) is 0 Å². The Bertz CT molecular complexity index is 301. The van der Waals surface area contributed by atoms with E-state index in [0.29, 0.717) is 6.61 Å². The van der Waals surface area contributed by atoms with Crippen LogP contribution in [0.1, 0.15) is 5.56 Å². The Labute approximate surface area is 88.1 Å². The maximum absolute atomic E-state index is 9.44. The molecule has 0 spiro atoms. The second-order valence-corrected chi connectivity index (χ2v) is 3.56. The quantitative estimate of drug-likeness (QED) is 0.752. The van der Waals surface area contributed by atoms with Gasteiger partial charge in [-0.05, 0) is 5.56 Å². The average Bonchev–Trinajstić information content (AvgIpc) is 2.59. The standard InChI is InChI=1S/C11H14O4/c12-9-7-15-11(10(9)13)14-6-8-4-2-1-3-5-8/h1-5,9-13H,6-7H2/t9-,10-,11+/m1/s1. The fourth-order valence-electron chi connectivity index (χ4n) is 1.47. The normalized spacial score (nSPS) is 30.7. The molecule has 0 unspecified atom stereocenters. The second-order valence-electron chi connectivity index (χ2n) is 3.56. The van der Waals surface area contributed by atoms with Crippen molar-refractivity contribution in [2.45, 2.75) is 25.1 Å². The molecular formula is C11H14O4. The van der Waals surface area contributed by atoms with Crippen LogP contribution >= 0.6 is 0 Å². The van der Waals surface area contributed by atoms with Gasteiger partial charge in [0.1, 0.15) is 12.2 Å². The average molecular weight is 210 g/mol. The van der Waals surface area contributed by atoms with Crippen LogP contribution in [-0.2, 0) is 16.1 Å². The maximum Gasteiger partial charge on any atom is 0.186 e. The van der Waals surface area contributed by atoms with Crippen LogP contribution in [0.15, 0.2) is 30.3 Å². The molecule has 1 aliphatic heterocycles. The molecule has 4 nitrogen and oxygen atoms in total. The van der Waals surface area contributed by atoms with Crippen molar-refractivity contribution in [3.05, 3.63) is 35.9 Å². The van der Waals surface area contributed by atoms with Crippen molar-refractivity contribution in [3.63, 3.8) is 0 Å². The highest BCUT2D eigenvalue weighted by Crippen LogP contribution is 2.16. The monoisotopic (exact) mass is 210 g/mol. The molecule has 0 radical (unpaired) electrons. The van der Waals surface area contributed by atoms with E-state index < -0.39 is 18.5 Å². The van der Waals surface area contributed by atoms with Crippen LogP contribution in [0.5, 0.6) is 0 Å². The van der Waals surface area contributed by atoms with Gasteiger partial charge < -0.3 is 19.7 Å². The molecule has 0 amide bonds. The predicted octanol–water partition coefficient (Wildman–Crippen LogP) is 0.281. The van der Waals surface area contributed by atoms with Gasteiger partial charge in [0, 0.05) is 0 Å². The van der Waals surface area contributed by atoms with E-state index in [1.165, 1.54) is 0 Å². The van der Waals surface area contributed by atoms with Crippen molar-refractivity contribution in [1.29, 1.82) is 0 Å². The molecule has 0 aliphatic carbocycles. The van der Waals surface area contributed by atoms with Crippen LogP contribution < -0.4 is 0 Å². The SMILES string of the molecule is O[C@H]1[C@@H](OCc2ccccc2)OC[C@H]1O. The molecule has 1 heterocycles. The van der Waals surface area contributed by atoms with Crippen molar-refractivity contribution in [3.8, 4) is 0 Å². The number of ether oxygens (including phenoxy) is 2. The summed E-state index contributed by atoms with van der Waals surface area (Å²) >= 11 is 0. The largest absolute Gasteiger partial charge is 0.388 e. The van der Waals surface area contributed by atoms with Crippen molar-refractivity contribution in [1.82, 2.24) is 0 Å². The summed E-state index contributed by atoms with van der Waals surface area (Å²) in [5.41, 5.74) is 1.01. The zero-order valence-corrected chi connectivity index (χ0v) is 8.24. The summed E-state index contributed by atoms with van der Waals surface area (Å²) in [6.07, 6.45) is -2.51. The van der Waals surface area contributed by atoms with E-state index in [1.54, 1.807) is 0 Å². The van der Waals surface area contributed by atoms with E-state index in [-0.39, 0.29) is 6.61 Å². The highest BCUT2D eigenvalue weighted by Gasteiger charge is 2.35. The minimum absolute atomic E-state index is 0.126. The Kier molecular flexibility index (Phi) is 3.33. The van der Waals surface area contributed by atoms with Crippen LogP contribution in [0.4, 0.5) is 0 Å². The zero-order valence-electron chi connectivity index (χ0n) is 8.24. The van der Waals surface area contributed by atoms with E-state index in [0.717, 1.165) is 5.56 Å². The molecule has 1 fully saturated rings. The number of hydrogen-bond donors (Lipinski definition) is 2. The second kappa shape index (κ2) is 4.72.